The van der Waals surface area contributed by atoms with Gasteiger partial charge in [0.25, 0.3) is 0 Å². The molecule has 4 atom stereocenters. The van der Waals surface area contributed by atoms with E-state index in [1.165, 1.54) is 24.3 Å². The molecular formula is C30H43N7O7. The Bertz CT molecular complexity index is 1280. The third-order valence-electron chi connectivity index (χ3n) is 6.64. The van der Waals surface area contributed by atoms with Gasteiger partial charge in [-0.2, -0.15) is 0 Å². The smallest absolute Gasteiger partial charge is 0.326 e. The number of aliphatic carboxylic acids is 1. The number of aromatic hydroxyl groups is 2. The molecule has 0 aliphatic heterocycles. The SMILES string of the molecule is CC(C)CC(NC(=O)C(Cc1ccc(O)cc1)NC(=O)C(N)Cc1ccc(O)cc1)C(=O)NC(CCCN=C(N)N)C(=O)O. The number of carboxylic acid groups (broad SMARTS) is 1. The number of phenolic OH excluding ortho intramolecular Hbond substituents is 2. The van der Waals surface area contributed by atoms with E-state index in [-0.39, 0.29) is 55.6 Å². The van der Waals surface area contributed by atoms with Gasteiger partial charge in [0.05, 0.1) is 6.04 Å². The topological polar surface area (TPSA) is 255 Å². The number of rotatable bonds is 17. The van der Waals surface area contributed by atoms with Crippen molar-refractivity contribution < 1.29 is 34.5 Å². The van der Waals surface area contributed by atoms with E-state index in [2.05, 4.69) is 20.9 Å². The normalized spacial score (nSPS) is 13.6. The molecule has 0 spiro atoms. The molecule has 0 bridgehead atoms. The minimum Gasteiger partial charge on any atom is -0.508 e. The fraction of sp³-hybridized carbons (Fsp3) is 0.433. The highest BCUT2D eigenvalue weighted by Crippen LogP contribution is 2.14. The Morgan fingerprint density at radius 2 is 1.23 bits per heavy atom. The summed E-state index contributed by atoms with van der Waals surface area (Å²) in [6.07, 6.45) is 0.693. The highest BCUT2D eigenvalue weighted by Gasteiger charge is 2.31. The maximum absolute atomic E-state index is 13.6. The molecule has 0 aromatic heterocycles. The number of amides is 3. The number of carbonyl (C=O) groups excluding carboxylic acids is 3. The van der Waals surface area contributed by atoms with Gasteiger partial charge in [-0.3, -0.25) is 19.4 Å². The monoisotopic (exact) mass is 613 g/mol. The van der Waals surface area contributed by atoms with Crippen LogP contribution in [-0.2, 0) is 32.0 Å². The molecule has 14 nitrogen and oxygen atoms in total. The van der Waals surface area contributed by atoms with Crippen molar-refractivity contribution in [3.63, 3.8) is 0 Å². The molecule has 0 aliphatic rings. The molecule has 240 valence electrons. The lowest BCUT2D eigenvalue weighted by atomic mass is 10.00. The third kappa shape index (κ3) is 12.6. The summed E-state index contributed by atoms with van der Waals surface area (Å²) in [7, 11) is 0. The summed E-state index contributed by atoms with van der Waals surface area (Å²) in [6.45, 7) is 3.87. The number of hydrogen-bond donors (Lipinski definition) is 9. The minimum atomic E-state index is -1.25. The van der Waals surface area contributed by atoms with Gasteiger partial charge >= 0.3 is 5.97 Å². The quantitative estimate of drug-likeness (QED) is 0.0647. The Balaban J connectivity index is 2.21. The van der Waals surface area contributed by atoms with Crippen LogP contribution in [0.3, 0.4) is 0 Å². The van der Waals surface area contributed by atoms with Crippen molar-refractivity contribution in [2.45, 2.75) is 70.1 Å². The van der Waals surface area contributed by atoms with Crippen LogP contribution in [0, 0.1) is 5.92 Å². The van der Waals surface area contributed by atoms with Gasteiger partial charge < -0.3 is 48.5 Å². The molecule has 2 aromatic rings. The first-order valence-electron chi connectivity index (χ1n) is 14.3. The van der Waals surface area contributed by atoms with Gasteiger partial charge in [-0.05, 0) is 67.0 Å². The number of nitrogens with two attached hydrogens (primary N) is 3. The second-order valence-electron chi connectivity index (χ2n) is 10.9. The van der Waals surface area contributed by atoms with E-state index < -0.39 is 47.9 Å². The summed E-state index contributed by atoms with van der Waals surface area (Å²) in [5, 5.41) is 36.6. The first-order chi connectivity index (χ1) is 20.7. The molecule has 14 heteroatoms. The van der Waals surface area contributed by atoms with Crippen molar-refractivity contribution in [3.05, 3.63) is 59.7 Å². The summed E-state index contributed by atoms with van der Waals surface area (Å²) in [6, 6.07) is 7.74. The van der Waals surface area contributed by atoms with Gasteiger partial charge in [-0.15, -0.1) is 0 Å². The Hall–Kier alpha value is -4.85. The summed E-state index contributed by atoms with van der Waals surface area (Å²) >= 11 is 0. The second kappa shape index (κ2) is 17.3. The molecule has 12 N–H and O–H groups in total. The number of phenols is 2. The van der Waals surface area contributed by atoms with Crippen molar-refractivity contribution >= 4 is 29.7 Å². The molecule has 2 aromatic carbocycles. The van der Waals surface area contributed by atoms with Crippen molar-refractivity contribution in [3.8, 4) is 11.5 Å². The molecule has 3 amide bonds. The van der Waals surface area contributed by atoms with Gasteiger partial charge in [0.15, 0.2) is 5.96 Å². The standard InChI is InChI=1S/C30H43N7O7/c1-17(2)14-24(27(41)35-23(29(43)44)4-3-13-34-30(32)33)37-28(42)25(16-19-7-11-21(39)12-8-19)36-26(40)22(31)15-18-5-9-20(38)10-6-18/h5-12,17,22-25,38-39H,3-4,13-16,31H2,1-2H3,(H,35,41)(H,36,40)(H,37,42)(H,43,44)(H4,32,33,34). The molecule has 44 heavy (non-hydrogen) atoms. The fourth-order valence-electron chi connectivity index (χ4n) is 4.34. The molecule has 2 rings (SSSR count). The lowest BCUT2D eigenvalue weighted by Gasteiger charge is -2.26. The van der Waals surface area contributed by atoms with E-state index in [0.29, 0.717) is 17.5 Å². The van der Waals surface area contributed by atoms with Crippen LogP contribution in [0.25, 0.3) is 0 Å². The number of guanidine groups is 1. The predicted molar refractivity (Wildman–Crippen MR) is 164 cm³/mol. The average Bonchev–Trinajstić information content (AvgIpc) is 2.95. The number of hydrogen-bond acceptors (Lipinski definition) is 8. The van der Waals surface area contributed by atoms with E-state index in [4.69, 9.17) is 17.2 Å². The van der Waals surface area contributed by atoms with E-state index in [1.807, 2.05) is 13.8 Å². The Kier molecular flexibility index (Phi) is 13.9. The molecule has 4 unspecified atom stereocenters. The lowest BCUT2D eigenvalue weighted by molar-refractivity contribution is -0.142. The fourth-order valence-corrected chi connectivity index (χ4v) is 4.34. The summed E-state index contributed by atoms with van der Waals surface area (Å²) in [5.74, 6) is -3.33. The van der Waals surface area contributed by atoms with Gasteiger partial charge in [0, 0.05) is 13.0 Å². The van der Waals surface area contributed by atoms with Gasteiger partial charge in [-0.25, -0.2) is 4.79 Å². The molecule has 0 aliphatic carbocycles. The van der Waals surface area contributed by atoms with Gasteiger partial charge in [-0.1, -0.05) is 38.1 Å². The Labute approximate surface area is 256 Å². The molecular weight excluding hydrogens is 570 g/mol. The number of benzene rings is 2. The average molecular weight is 614 g/mol. The van der Waals surface area contributed by atoms with Crippen LogP contribution < -0.4 is 33.2 Å². The lowest BCUT2D eigenvalue weighted by Crippen LogP contribution is -2.58. The van der Waals surface area contributed by atoms with Crippen molar-refractivity contribution in [1.29, 1.82) is 0 Å². The van der Waals surface area contributed by atoms with Crippen LogP contribution in [0.4, 0.5) is 0 Å². The maximum Gasteiger partial charge on any atom is 0.326 e. The first-order valence-corrected chi connectivity index (χ1v) is 14.3. The summed E-state index contributed by atoms with van der Waals surface area (Å²) in [5.41, 5.74) is 18.0. The van der Waals surface area contributed by atoms with Crippen LogP contribution in [0.5, 0.6) is 11.5 Å². The van der Waals surface area contributed by atoms with E-state index >= 15 is 0 Å². The van der Waals surface area contributed by atoms with Gasteiger partial charge in [0.1, 0.15) is 29.6 Å². The number of carbonyl (C=O) groups is 4. The van der Waals surface area contributed by atoms with E-state index in [0.717, 1.165) is 0 Å². The van der Waals surface area contributed by atoms with Gasteiger partial charge in [0.2, 0.25) is 17.7 Å². The first kappa shape index (κ1) is 35.3. The van der Waals surface area contributed by atoms with Crippen molar-refractivity contribution in [2.24, 2.45) is 28.1 Å². The highest BCUT2D eigenvalue weighted by atomic mass is 16.4. The summed E-state index contributed by atoms with van der Waals surface area (Å²) in [4.78, 5) is 55.5. The zero-order valence-corrected chi connectivity index (χ0v) is 24.9. The Morgan fingerprint density at radius 1 is 0.750 bits per heavy atom. The second-order valence-corrected chi connectivity index (χ2v) is 10.9. The van der Waals surface area contributed by atoms with Crippen molar-refractivity contribution in [2.75, 3.05) is 6.54 Å². The third-order valence-corrected chi connectivity index (χ3v) is 6.64. The molecule has 0 fully saturated rings. The van der Waals surface area contributed by atoms with Crippen LogP contribution in [0.15, 0.2) is 53.5 Å². The van der Waals surface area contributed by atoms with Crippen LogP contribution in [0.1, 0.15) is 44.2 Å². The van der Waals surface area contributed by atoms with Crippen LogP contribution >= 0.6 is 0 Å². The van der Waals surface area contributed by atoms with E-state index in [9.17, 15) is 34.5 Å². The minimum absolute atomic E-state index is 0.0162. The molecule has 0 heterocycles. The zero-order chi connectivity index (χ0) is 32.8. The van der Waals surface area contributed by atoms with Crippen molar-refractivity contribution in [1.82, 2.24) is 16.0 Å². The maximum atomic E-state index is 13.6. The number of carboxylic acids is 1. The molecule has 0 saturated carbocycles. The predicted octanol–water partition coefficient (Wildman–Crippen LogP) is -0.151. The van der Waals surface area contributed by atoms with E-state index in [1.54, 1.807) is 24.3 Å². The largest absolute Gasteiger partial charge is 0.508 e. The number of nitrogens with one attached hydrogen (secondary N) is 3. The summed E-state index contributed by atoms with van der Waals surface area (Å²) < 4.78 is 0. The van der Waals surface area contributed by atoms with Crippen LogP contribution in [0.2, 0.25) is 0 Å². The number of aliphatic imine (C=N–C) groups is 1. The Morgan fingerprint density at radius 3 is 1.73 bits per heavy atom. The number of nitrogens with zero attached hydrogens (tertiary/aromatic N) is 1. The molecule has 0 saturated heterocycles. The zero-order valence-electron chi connectivity index (χ0n) is 24.9. The highest BCUT2D eigenvalue weighted by molar-refractivity contribution is 5.94. The van der Waals surface area contributed by atoms with Crippen LogP contribution in [-0.4, -0.2) is 75.7 Å². The molecule has 0 radical (unpaired) electrons.